The zero-order valence-corrected chi connectivity index (χ0v) is 14.7. The maximum absolute atomic E-state index is 11.2. The van der Waals surface area contributed by atoms with Gasteiger partial charge in [-0.05, 0) is 40.9 Å². The van der Waals surface area contributed by atoms with Crippen LogP contribution in [0.5, 0.6) is 5.75 Å². The van der Waals surface area contributed by atoms with E-state index in [9.17, 15) is 4.57 Å². The first-order chi connectivity index (χ1) is 9.27. The minimum Gasteiger partial charge on any atom is -0.404 e. The third-order valence-electron chi connectivity index (χ3n) is 2.88. The highest BCUT2D eigenvalue weighted by atomic mass is 31.2. The molecule has 0 radical (unpaired) electrons. The van der Waals surface area contributed by atoms with Gasteiger partial charge >= 0.3 is 7.82 Å². The lowest BCUT2D eigenvalue weighted by Crippen LogP contribution is -2.16. The van der Waals surface area contributed by atoms with E-state index in [0.29, 0.717) is 12.2 Å². The van der Waals surface area contributed by atoms with Crippen molar-refractivity contribution in [3.63, 3.8) is 0 Å². The molecule has 1 rings (SSSR count). The topological polar surface area (TPSA) is 66.8 Å². The fraction of sp³-hybridized carbons (Fsp3) is 0.625. The SMILES string of the molecule is CC(C)(C)Cc1cccc(OP(=O)(O)O)c1CC(C)(C)C. The molecular weight excluding hydrogens is 287 g/mol. The molecule has 0 spiro atoms. The van der Waals surface area contributed by atoms with Gasteiger partial charge in [0.1, 0.15) is 5.75 Å². The second kappa shape index (κ2) is 6.12. The Balaban J connectivity index is 3.30. The molecule has 1 aromatic carbocycles. The zero-order chi connectivity index (χ0) is 16.5. The summed E-state index contributed by atoms with van der Waals surface area (Å²) in [6, 6.07) is 5.43. The third kappa shape index (κ3) is 7.12. The maximum Gasteiger partial charge on any atom is 0.524 e. The molecule has 0 saturated heterocycles. The van der Waals surface area contributed by atoms with Crippen LogP contribution >= 0.6 is 7.82 Å². The average Bonchev–Trinajstić information content (AvgIpc) is 2.16. The molecule has 0 unspecified atom stereocenters. The molecule has 0 atom stereocenters. The second-order valence-electron chi connectivity index (χ2n) is 7.95. The van der Waals surface area contributed by atoms with Crippen LogP contribution < -0.4 is 4.52 Å². The predicted octanol–water partition coefficient (Wildman–Crippen LogP) is 4.34. The van der Waals surface area contributed by atoms with Gasteiger partial charge in [-0.15, -0.1) is 0 Å². The van der Waals surface area contributed by atoms with Crippen LogP contribution in [0.2, 0.25) is 0 Å². The maximum atomic E-state index is 11.2. The molecule has 0 fully saturated rings. The Labute approximate surface area is 127 Å². The van der Waals surface area contributed by atoms with Crippen molar-refractivity contribution < 1.29 is 18.9 Å². The van der Waals surface area contributed by atoms with Gasteiger partial charge in [0.15, 0.2) is 0 Å². The first kappa shape index (κ1) is 18.2. The molecule has 0 saturated carbocycles. The lowest BCUT2D eigenvalue weighted by atomic mass is 9.81. The van der Waals surface area contributed by atoms with Crippen LogP contribution in [-0.2, 0) is 17.4 Å². The highest BCUT2D eigenvalue weighted by Crippen LogP contribution is 2.42. The molecule has 2 N–H and O–H groups in total. The van der Waals surface area contributed by atoms with Gasteiger partial charge in [-0.2, -0.15) is 0 Å². The van der Waals surface area contributed by atoms with Crippen LogP contribution in [0.3, 0.4) is 0 Å². The van der Waals surface area contributed by atoms with Gasteiger partial charge in [-0.25, -0.2) is 4.57 Å². The molecule has 0 aliphatic carbocycles. The summed E-state index contributed by atoms with van der Waals surface area (Å²) in [5.41, 5.74) is 2.07. The predicted molar refractivity (Wildman–Crippen MR) is 85.4 cm³/mol. The van der Waals surface area contributed by atoms with E-state index < -0.39 is 7.82 Å². The summed E-state index contributed by atoms with van der Waals surface area (Å²) < 4.78 is 16.1. The molecule has 4 nitrogen and oxygen atoms in total. The number of benzene rings is 1. The molecule has 0 aliphatic rings. The van der Waals surface area contributed by atoms with Crippen molar-refractivity contribution in [1.29, 1.82) is 0 Å². The highest BCUT2D eigenvalue weighted by molar-refractivity contribution is 7.46. The summed E-state index contributed by atoms with van der Waals surface area (Å²) in [6.07, 6.45) is 1.53. The van der Waals surface area contributed by atoms with Crippen molar-refractivity contribution in [2.75, 3.05) is 0 Å². The van der Waals surface area contributed by atoms with E-state index in [1.807, 2.05) is 6.07 Å². The molecular formula is C16H27O4P. The minimum absolute atomic E-state index is 0.000990. The Kier molecular flexibility index (Phi) is 5.31. The molecule has 1 aromatic rings. The van der Waals surface area contributed by atoms with Crippen molar-refractivity contribution in [2.45, 2.75) is 54.4 Å². The van der Waals surface area contributed by atoms with E-state index in [2.05, 4.69) is 41.5 Å². The number of phosphoric acid groups is 1. The third-order valence-corrected chi connectivity index (χ3v) is 3.31. The molecule has 0 aliphatic heterocycles. The van der Waals surface area contributed by atoms with E-state index in [4.69, 9.17) is 14.3 Å². The van der Waals surface area contributed by atoms with E-state index >= 15 is 0 Å². The zero-order valence-electron chi connectivity index (χ0n) is 13.8. The van der Waals surface area contributed by atoms with Gasteiger partial charge in [0, 0.05) is 0 Å². The Hall–Kier alpha value is -0.830. The van der Waals surface area contributed by atoms with Crippen molar-refractivity contribution in [1.82, 2.24) is 0 Å². The number of phosphoric ester groups is 1. The van der Waals surface area contributed by atoms with E-state index in [1.54, 1.807) is 12.1 Å². The molecule has 21 heavy (non-hydrogen) atoms. The van der Waals surface area contributed by atoms with Crippen molar-refractivity contribution in [3.05, 3.63) is 29.3 Å². The molecule has 0 bridgehead atoms. The Morgan fingerprint density at radius 1 is 1.00 bits per heavy atom. The normalized spacial score (nSPS) is 13.3. The monoisotopic (exact) mass is 314 g/mol. The molecule has 120 valence electrons. The molecule has 0 aromatic heterocycles. The first-order valence-corrected chi connectivity index (χ1v) is 8.66. The van der Waals surface area contributed by atoms with Gasteiger partial charge in [-0.3, -0.25) is 9.79 Å². The van der Waals surface area contributed by atoms with E-state index in [1.165, 1.54) is 0 Å². The Bertz CT molecular complexity index is 532. The van der Waals surface area contributed by atoms with Gasteiger partial charge in [0.05, 0.1) is 0 Å². The standard InChI is InChI=1S/C16H27O4P/c1-15(2,3)10-12-8-7-9-14(20-21(17,18)19)13(12)11-16(4,5)6/h7-9H,10-11H2,1-6H3,(H2,17,18,19). The lowest BCUT2D eigenvalue weighted by molar-refractivity contribution is 0.280. The fourth-order valence-electron chi connectivity index (χ4n) is 2.29. The van der Waals surface area contributed by atoms with E-state index in [-0.39, 0.29) is 10.8 Å². The van der Waals surface area contributed by atoms with Crippen LogP contribution in [0, 0.1) is 10.8 Å². The van der Waals surface area contributed by atoms with Crippen LogP contribution in [0.15, 0.2) is 18.2 Å². The fourth-order valence-corrected chi connectivity index (χ4v) is 2.72. The lowest BCUT2D eigenvalue weighted by Gasteiger charge is -2.26. The number of rotatable bonds is 4. The second-order valence-corrected chi connectivity index (χ2v) is 9.11. The molecule has 0 heterocycles. The summed E-state index contributed by atoms with van der Waals surface area (Å²) >= 11 is 0. The average molecular weight is 314 g/mol. The largest absolute Gasteiger partial charge is 0.524 e. The molecule has 0 amide bonds. The first-order valence-electron chi connectivity index (χ1n) is 7.13. The summed E-state index contributed by atoms with van der Waals surface area (Å²) in [5, 5.41) is 0. The van der Waals surface area contributed by atoms with Gasteiger partial charge < -0.3 is 4.52 Å². The Morgan fingerprint density at radius 3 is 1.95 bits per heavy atom. The van der Waals surface area contributed by atoms with Gasteiger partial charge in [0.2, 0.25) is 0 Å². The van der Waals surface area contributed by atoms with Crippen molar-refractivity contribution >= 4 is 7.82 Å². The van der Waals surface area contributed by atoms with Crippen molar-refractivity contribution in [2.24, 2.45) is 10.8 Å². The minimum atomic E-state index is -4.55. The summed E-state index contributed by atoms with van der Waals surface area (Å²) in [5.74, 6) is 0.292. The van der Waals surface area contributed by atoms with Crippen LogP contribution in [0.1, 0.15) is 52.7 Å². The van der Waals surface area contributed by atoms with Crippen LogP contribution in [0.4, 0.5) is 0 Å². The number of hydrogen-bond acceptors (Lipinski definition) is 2. The van der Waals surface area contributed by atoms with Crippen LogP contribution in [-0.4, -0.2) is 9.79 Å². The quantitative estimate of drug-likeness (QED) is 0.812. The van der Waals surface area contributed by atoms with Crippen LogP contribution in [0.25, 0.3) is 0 Å². The van der Waals surface area contributed by atoms with Crippen molar-refractivity contribution in [3.8, 4) is 5.75 Å². The summed E-state index contributed by atoms with van der Waals surface area (Å²) in [7, 11) is -4.55. The van der Waals surface area contributed by atoms with E-state index in [0.717, 1.165) is 17.5 Å². The smallest absolute Gasteiger partial charge is 0.404 e. The van der Waals surface area contributed by atoms with Gasteiger partial charge in [-0.1, -0.05) is 53.7 Å². The van der Waals surface area contributed by atoms with Gasteiger partial charge in [0.25, 0.3) is 0 Å². The highest BCUT2D eigenvalue weighted by Gasteiger charge is 2.24. The number of hydrogen-bond donors (Lipinski definition) is 2. The Morgan fingerprint density at radius 2 is 1.52 bits per heavy atom. The molecule has 5 heteroatoms. The summed E-state index contributed by atoms with van der Waals surface area (Å²) in [4.78, 5) is 18.2. The summed E-state index contributed by atoms with van der Waals surface area (Å²) in [6.45, 7) is 12.7.